The van der Waals surface area contributed by atoms with Gasteiger partial charge in [0.15, 0.2) is 5.69 Å². The number of hydrogen-bond donors (Lipinski definition) is 2. The maximum atomic E-state index is 10.9. The zero-order valence-electron chi connectivity index (χ0n) is 11.1. The van der Waals surface area contributed by atoms with E-state index in [4.69, 9.17) is 5.11 Å². The molecule has 3 rings (SSSR count). The monoisotopic (exact) mass is 311 g/mol. The van der Waals surface area contributed by atoms with Crippen LogP contribution in [0.3, 0.4) is 0 Å². The number of carboxylic acid groups (broad SMARTS) is 1. The summed E-state index contributed by atoms with van der Waals surface area (Å²) in [5, 5.41) is 35.9. The molecule has 0 spiro atoms. The molecule has 0 amide bonds. The van der Waals surface area contributed by atoms with Gasteiger partial charge in [-0.05, 0) is 34.5 Å². The molecule has 0 saturated carbocycles. The molecule has 2 heterocycles. The van der Waals surface area contributed by atoms with Crippen molar-refractivity contribution in [2.75, 3.05) is 0 Å². The van der Waals surface area contributed by atoms with Crippen molar-refractivity contribution in [3.8, 4) is 28.6 Å². The van der Waals surface area contributed by atoms with E-state index in [1.807, 2.05) is 22.9 Å². The van der Waals surface area contributed by atoms with Crippen molar-refractivity contribution < 1.29 is 15.0 Å². The summed E-state index contributed by atoms with van der Waals surface area (Å²) in [6.45, 7) is 0. The molecule has 0 saturated heterocycles. The van der Waals surface area contributed by atoms with Crippen molar-refractivity contribution in [2.45, 2.75) is 0 Å². The Hall–Kier alpha value is -3.11. The van der Waals surface area contributed by atoms with Gasteiger partial charge >= 0.3 is 5.97 Å². The maximum Gasteiger partial charge on any atom is 0.339 e. The molecule has 2 N–H and O–H groups in total. The predicted octanol–water partition coefficient (Wildman–Crippen LogP) is 2.88. The molecule has 1 aromatic carbocycles. The van der Waals surface area contributed by atoms with Crippen LogP contribution in [0.1, 0.15) is 16.1 Å². The molecule has 0 fully saturated rings. The van der Waals surface area contributed by atoms with Crippen LogP contribution in [-0.2, 0) is 0 Å². The Bertz CT molecular complexity index is 891. The number of thiophene rings is 1. The molecular weight excluding hydrogens is 302 g/mol. The van der Waals surface area contributed by atoms with Crippen LogP contribution in [0.25, 0.3) is 16.8 Å². The number of carbonyl (C=O) groups is 1. The maximum absolute atomic E-state index is 10.9. The molecule has 0 aliphatic rings. The van der Waals surface area contributed by atoms with E-state index in [2.05, 4.69) is 5.10 Å². The molecule has 0 radical (unpaired) electrons. The summed E-state index contributed by atoms with van der Waals surface area (Å²) in [4.78, 5) is 10.9. The van der Waals surface area contributed by atoms with E-state index < -0.39 is 5.97 Å². The number of aromatic hydroxyl groups is 1. The first-order valence-electron chi connectivity index (χ1n) is 6.19. The highest BCUT2D eigenvalue weighted by atomic mass is 32.1. The number of hydrogen-bond acceptors (Lipinski definition) is 5. The zero-order chi connectivity index (χ0) is 15.7. The molecule has 6 nitrogen and oxygen atoms in total. The van der Waals surface area contributed by atoms with Gasteiger partial charge in [0.25, 0.3) is 0 Å². The fourth-order valence-corrected chi connectivity index (χ4v) is 2.72. The summed E-state index contributed by atoms with van der Waals surface area (Å²) in [5.41, 5.74) is 2.12. The van der Waals surface area contributed by atoms with Crippen LogP contribution in [-0.4, -0.2) is 26.0 Å². The molecule has 22 heavy (non-hydrogen) atoms. The van der Waals surface area contributed by atoms with Crippen LogP contribution in [0.15, 0.2) is 41.2 Å². The Morgan fingerprint density at radius 3 is 2.77 bits per heavy atom. The number of nitriles is 1. The second-order valence-electron chi connectivity index (χ2n) is 4.47. The standard InChI is InChI=1S/C15H9N3O3S/c16-6-13-12(9-3-4-22-8-9)7-18(17-13)10-1-2-11(15(20)21)14(19)5-10/h1-5,7-8,19H,(H,20,21). The van der Waals surface area contributed by atoms with Gasteiger partial charge in [-0.2, -0.15) is 21.7 Å². The summed E-state index contributed by atoms with van der Waals surface area (Å²) < 4.78 is 1.44. The number of nitrogens with zero attached hydrogens (tertiary/aromatic N) is 3. The highest BCUT2D eigenvalue weighted by Gasteiger charge is 2.14. The van der Waals surface area contributed by atoms with Gasteiger partial charge in [-0.1, -0.05) is 0 Å². The Kier molecular flexibility index (Phi) is 3.37. The van der Waals surface area contributed by atoms with E-state index in [-0.39, 0.29) is 17.0 Å². The summed E-state index contributed by atoms with van der Waals surface area (Å²) in [5.74, 6) is -1.56. The van der Waals surface area contributed by atoms with Crippen LogP contribution in [0.2, 0.25) is 0 Å². The van der Waals surface area contributed by atoms with Crippen LogP contribution in [0.5, 0.6) is 5.75 Å². The smallest absolute Gasteiger partial charge is 0.339 e. The van der Waals surface area contributed by atoms with Gasteiger partial charge in [-0.3, -0.25) is 0 Å². The van der Waals surface area contributed by atoms with Gasteiger partial charge in [0.1, 0.15) is 17.4 Å². The Labute approximate surface area is 129 Å². The van der Waals surface area contributed by atoms with E-state index >= 15 is 0 Å². The molecule has 0 aliphatic carbocycles. The van der Waals surface area contributed by atoms with Gasteiger partial charge < -0.3 is 10.2 Å². The number of benzene rings is 1. The molecule has 3 aromatic rings. The lowest BCUT2D eigenvalue weighted by Crippen LogP contribution is -2.00. The van der Waals surface area contributed by atoms with Crippen molar-refractivity contribution in [3.63, 3.8) is 0 Å². The van der Waals surface area contributed by atoms with Gasteiger partial charge in [-0.25, -0.2) is 9.48 Å². The highest BCUT2D eigenvalue weighted by Crippen LogP contribution is 2.27. The first-order valence-corrected chi connectivity index (χ1v) is 7.13. The Morgan fingerprint density at radius 1 is 1.36 bits per heavy atom. The first kappa shape index (κ1) is 13.9. The van der Waals surface area contributed by atoms with Gasteiger partial charge in [-0.15, -0.1) is 0 Å². The van der Waals surface area contributed by atoms with Crippen LogP contribution >= 0.6 is 11.3 Å². The number of aromatic carboxylic acids is 1. The lowest BCUT2D eigenvalue weighted by molar-refractivity contribution is 0.0694. The number of aromatic nitrogens is 2. The summed E-state index contributed by atoms with van der Waals surface area (Å²) in [6.07, 6.45) is 1.68. The van der Waals surface area contributed by atoms with Gasteiger partial charge in [0.05, 0.1) is 5.69 Å². The van der Waals surface area contributed by atoms with Gasteiger partial charge in [0, 0.05) is 17.8 Å². The quantitative estimate of drug-likeness (QED) is 0.775. The molecule has 2 aromatic heterocycles. The van der Waals surface area contributed by atoms with Crippen molar-refractivity contribution >= 4 is 17.3 Å². The topological polar surface area (TPSA) is 99.1 Å². The second kappa shape index (κ2) is 5.35. The first-order chi connectivity index (χ1) is 10.6. The number of rotatable bonds is 3. The van der Waals surface area contributed by atoms with E-state index in [1.54, 1.807) is 6.20 Å². The minimum Gasteiger partial charge on any atom is -0.507 e. The molecule has 108 valence electrons. The minimum atomic E-state index is -1.21. The van der Waals surface area contributed by atoms with E-state index in [0.717, 1.165) is 5.56 Å². The lowest BCUT2D eigenvalue weighted by Gasteiger charge is -2.04. The van der Waals surface area contributed by atoms with Crippen LogP contribution in [0, 0.1) is 11.3 Å². The second-order valence-corrected chi connectivity index (χ2v) is 5.25. The third kappa shape index (κ3) is 2.32. The van der Waals surface area contributed by atoms with E-state index in [0.29, 0.717) is 11.3 Å². The summed E-state index contributed by atoms with van der Waals surface area (Å²) in [7, 11) is 0. The largest absolute Gasteiger partial charge is 0.507 e. The molecule has 7 heteroatoms. The van der Waals surface area contributed by atoms with E-state index in [1.165, 1.54) is 34.2 Å². The average molecular weight is 311 g/mol. The SMILES string of the molecule is N#Cc1nn(-c2ccc(C(=O)O)c(O)c2)cc1-c1ccsc1. The van der Waals surface area contributed by atoms with Crippen molar-refractivity contribution in [3.05, 3.63) is 52.5 Å². The lowest BCUT2D eigenvalue weighted by atomic mass is 10.1. The van der Waals surface area contributed by atoms with Crippen LogP contribution < -0.4 is 0 Å². The fraction of sp³-hybridized carbons (Fsp3) is 0. The third-order valence-electron chi connectivity index (χ3n) is 3.13. The predicted molar refractivity (Wildman–Crippen MR) is 80.2 cm³/mol. The Balaban J connectivity index is 2.08. The molecule has 0 bridgehead atoms. The molecule has 0 aliphatic heterocycles. The fourth-order valence-electron chi connectivity index (χ4n) is 2.06. The Morgan fingerprint density at radius 2 is 2.18 bits per heavy atom. The highest BCUT2D eigenvalue weighted by molar-refractivity contribution is 7.08. The third-order valence-corrected chi connectivity index (χ3v) is 3.81. The number of phenols is 1. The molecule has 0 atom stereocenters. The summed E-state index contributed by atoms with van der Waals surface area (Å²) >= 11 is 1.51. The molecule has 0 unspecified atom stereocenters. The van der Waals surface area contributed by atoms with Crippen molar-refractivity contribution in [2.24, 2.45) is 0 Å². The molecular formula is C15H9N3O3S. The summed E-state index contributed by atoms with van der Waals surface area (Å²) in [6, 6.07) is 8.04. The van der Waals surface area contributed by atoms with Crippen LogP contribution in [0.4, 0.5) is 0 Å². The number of carboxylic acids is 1. The van der Waals surface area contributed by atoms with Crippen molar-refractivity contribution in [1.29, 1.82) is 5.26 Å². The van der Waals surface area contributed by atoms with Gasteiger partial charge in [0.2, 0.25) is 0 Å². The van der Waals surface area contributed by atoms with Crippen molar-refractivity contribution in [1.82, 2.24) is 9.78 Å². The average Bonchev–Trinajstić information content (AvgIpc) is 3.15. The normalized spacial score (nSPS) is 10.3. The minimum absolute atomic E-state index is 0.186. The van der Waals surface area contributed by atoms with E-state index in [9.17, 15) is 15.2 Å². The zero-order valence-corrected chi connectivity index (χ0v) is 11.9.